The van der Waals surface area contributed by atoms with Gasteiger partial charge in [0, 0.05) is 77.7 Å². The molecule has 0 saturated carbocycles. The lowest BCUT2D eigenvalue weighted by molar-refractivity contribution is 0.0750. The number of hydrogen-bond acceptors (Lipinski definition) is 7. The van der Waals surface area contributed by atoms with E-state index in [1.165, 1.54) is 22.1 Å². The van der Waals surface area contributed by atoms with Gasteiger partial charge in [-0.2, -0.15) is 0 Å². The van der Waals surface area contributed by atoms with Crippen LogP contribution >= 0.6 is 11.3 Å². The Balaban J connectivity index is 0.866. The number of nitrogens with two attached hydrogens (primary N) is 1. The maximum Gasteiger partial charge on any atom is 0.226 e. The summed E-state index contributed by atoms with van der Waals surface area (Å²) in [5.74, 6) is 2.77. The van der Waals surface area contributed by atoms with Gasteiger partial charge < -0.3 is 25.3 Å². The summed E-state index contributed by atoms with van der Waals surface area (Å²) in [6.07, 6.45) is 5.39. The van der Waals surface area contributed by atoms with Gasteiger partial charge in [0.25, 0.3) is 0 Å². The van der Waals surface area contributed by atoms with Gasteiger partial charge in [0.2, 0.25) is 5.95 Å². The van der Waals surface area contributed by atoms with Crippen molar-refractivity contribution in [2.45, 2.75) is 25.2 Å². The molecule has 40 heavy (non-hydrogen) atoms. The van der Waals surface area contributed by atoms with Crippen LogP contribution in [0.5, 0.6) is 0 Å². The molecule has 2 aliphatic rings. The van der Waals surface area contributed by atoms with Crippen molar-refractivity contribution in [2.75, 3.05) is 56.6 Å². The van der Waals surface area contributed by atoms with Crippen molar-refractivity contribution >= 4 is 44.2 Å². The molecule has 0 bridgehead atoms. The quantitative estimate of drug-likeness (QED) is 0.225. The lowest BCUT2D eigenvalue weighted by Crippen LogP contribution is -2.36. The maximum atomic E-state index is 6.37. The highest BCUT2D eigenvalue weighted by Crippen LogP contribution is 2.37. The van der Waals surface area contributed by atoms with Crippen molar-refractivity contribution in [3.8, 4) is 11.1 Å². The molecule has 7 nitrogen and oxygen atoms in total. The number of rotatable bonds is 8. The fourth-order valence-corrected chi connectivity index (χ4v) is 7.36. The number of nitrogen functional groups attached to an aromatic ring is 1. The fourth-order valence-electron chi connectivity index (χ4n) is 6.44. The minimum atomic E-state index is 0.487. The van der Waals surface area contributed by atoms with Crippen LogP contribution < -0.4 is 10.6 Å². The molecule has 206 valence electrons. The number of hydrogen-bond donors (Lipinski definition) is 2. The van der Waals surface area contributed by atoms with Gasteiger partial charge in [-0.25, -0.2) is 9.97 Å². The summed E-state index contributed by atoms with van der Waals surface area (Å²) < 4.78 is 6.18. The monoisotopic (exact) mass is 552 g/mol. The van der Waals surface area contributed by atoms with Gasteiger partial charge in [-0.3, -0.25) is 0 Å². The number of nitrogens with zero attached hydrogens (tertiary/aromatic N) is 4. The van der Waals surface area contributed by atoms with E-state index >= 15 is 0 Å². The molecule has 2 fully saturated rings. The van der Waals surface area contributed by atoms with E-state index in [0.29, 0.717) is 11.8 Å². The minimum Gasteiger partial charge on any atom is -0.385 e. The molecule has 1 atom stereocenters. The number of anilines is 2. The molecule has 0 aliphatic carbocycles. The molecule has 5 aromatic rings. The average molecular weight is 553 g/mol. The number of piperidine rings is 1. The standard InChI is InChI=1S/C32H36N6OS/c33-30-29(25-8-4-5-9-28(25)35-30)24-12-13-37(19-24)16-17-39-20-22-10-14-38(15-11-22)32-34-18-26-27(21-40-31(26)36-32)23-6-2-1-3-7-23/h1-9,18,21-22,24,35H,10-17,19-20,33H2. The number of likely N-dealkylation sites (tertiary alicyclic amines) is 1. The number of aromatic nitrogens is 3. The van der Waals surface area contributed by atoms with Crippen molar-refractivity contribution in [2.24, 2.45) is 5.92 Å². The van der Waals surface area contributed by atoms with Crippen molar-refractivity contribution < 1.29 is 4.74 Å². The number of fused-ring (bicyclic) bond motifs is 2. The van der Waals surface area contributed by atoms with Crippen LogP contribution in [0.25, 0.3) is 32.2 Å². The summed E-state index contributed by atoms with van der Waals surface area (Å²) in [7, 11) is 0. The molecule has 5 heterocycles. The smallest absolute Gasteiger partial charge is 0.226 e. The highest BCUT2D eigenvalue weighted by atomic mass is 32.1. The molecule has 2 aliphatic heterocycles. The lowest BCUT2D eigenvalue weighted by atomic mass is 9.97. The van der Waals surface area contributed by atoms with Gasteiger partial charge in [0.05, 0.1) is 6.61 Å². The van der Waals surface area contributed by atoms with Crippen LogP contribution in [0.4, 0.5) is 11.8 Å². The van der Waals surface area contributed by atoms with Gasteiger partial charge in [-0.1, -0.05) is 48.5 Å². The van der Waals surface area contributed by atoms with E-state index in [9.17, 15) is 0 Å². The number of aromatic amines is 1. The summed E-state index contributed by atoms with van der Waals surface area (Å²) in [5.41, 5.74) is 11.2. The second-order valence-electron chi connectivity index (χ2n) is 11.2. The predicted molar refractivity (Wildman–Crippen MR) is 165 cm³/mol. The van der Waals surface area contributed by atoms with Gasteiger partial charge in [-0.05, 0) is 43.4 Å². The predicted octanol–water partition coefficient (Wildman–Crippen LogP) is 6.14. The Morgan fingerprint density at radius 1 is 0.975 bits per heavy atom. The van der Waals surface area contributed by atoms with Crippen molar-refractivity contribution in [3.63, 3.8) is 0 Å². The van der Waals surface area contributed by atoms with Crippen LogP contribution in [0.3, 0.4) is 0 Å². The molecular formula is C32H36N6OS. The van der Waals surface area contributed by atoms with Crippen LogP contribution in [-0.2, 0) is 4.74 Å². The van der Waals surface area contributed by atoms with Crippen LogP contribution in [-0.4, -0.2) is 65.8 Å². The molecule has 8 heteroatoms. The molecule has 1 unspecified atom stereocenters. The highest BCUT2D eigenvalue weighted by molar-refractivity contribution is 7.17. The second kappa shape index (κ2) is 11.2. The van der Waals surface area contributed by atoms with Gasteiger partial charge in [0.15, 0.2) is 0 Å². The first-order chi connectivity index (χ1) is 19.7. The van der Waals surface area contributed by atoms with E-state index in [-0.39, 0.29) is 0 Å². The average Bonchev–Trinajstić information content (AvgIpc) is 3.72. The van der Waals surface area contributed by atoms with Crippen LogP contribution in [0.2, 0.25) is 0 Å². The fraction of sp³-hybridized carbons (Fsp3) is 0.375. The first kappa shape index (κ1) is 25.5. The Hall–Kier alpha value is -3.46. The Kier molecular flexibility index (Phi) is 7.14. The Labute approximate surface area is 239 Å². The third-order valence-corrected chi connectivity index (χ3v) is 9.55. The maximum absolute atomic E-state index is 6.37. The molecule has 2 aromatic carbocycles. The van der Waals surface area contributed by atoms with E-state index in [2.05, 4.69) is 68.7 Å². The van der Waals surface area contributed by atoms with Crippen molar-refractivity contribution in [1.29, 1.82) is 0 Å². The van der Waals surface area contributed by atoms with E-state index in [1.54, 1.807) is 11.3 Å². The van der Waals surface area contributed by atoms with E-state index in [0.717, 1.165) is 92.7 Å². The number of benzene rings is 2. The normalized spacial score (nSPS) is 18.8. The number of H-pyrrole nitrogens is 1. The molecular weight excluding hydrogens is 516 g/mol. The van der Waals surface area contributed by atoms with Crippen molar-refractivity contribution in [1.82, 2.24) is 19.9 Å². The Morgan fingerprint density at radius 2 is 1.80 bits per heavy atom. The zero-order valence-corrected chi connectivity index (χ0v) is 23.6. The molecule has 3 N–H and O–H groups in total. The first-order valence-electron chi connectivity index (χ1n) is 14.4. The first-order valence-corrected chi connectivity index (χ1v) is 15.3. The number of thiophene rings is 1. The van der Waals surface area contributed by atoms with Crippen LogP contribution in [0.15, 0.2) is 66.2 Å². The third kappa shape index (κ3) is 5.07. The topological polar surface area (TPSA) is 83.3 Å². The van der Waals surface area contributed by atoms with E-state index < -0.39 is 0 Å². The molecule has 0 spiro atoms. The zero-order chi connectivity index (χ0) is 26.9. The largest absolute Gasteiger partial charge is 0.385 e. The van der Waals surface area contributed by atoms with Crippen LogP contribution in [0, 0.1) is 5.92 Å². The third-order valence-electron chi connectivity index (χ3n) is 8.66. The number of ether oxygens (including phenoxy) is 1. The van der Waals surface area contributed by atoms with Gasteiger partial charge in [-0.15, -0.1) is 11.3 Å². The molecule has 7 rings (SSSR count). The Morgan fingerprint density at radius 3 is 2.67 bits per heavy atom. The summed E-state index contributed by atoms with van der Waals surface area (Å²) >= 11 is 1.70. The zero-order valence-electron chi connectivity index (χ0n) is 22.8. The summed E-state index contributed by atoms with van der Waals surface area (Å²) in [6, 6.07) is 18.9. The van der Waals surface area contributed by atoms with Crippen molar-refractivity contribution in [3.05, 3.63) is 71.7 Å². The number of nitrogens with one attached hydrogen (secondary N) is 1. The Bertz CT molecular complexity index is 1590. The lowest BCUT2D eigenvalue weighted by Gasteiger charge is -2.32. The molecule has 3 aromatic heterocycles. The van der Waals surface area contributed by atoms with Gasteiger partial charge in [0.1, 0.15) is 10.6 Å². The van der Waals surface area contributed by atoms with Gasteiger partial charge >= 0.3 is 0 Å². The van der Waals surface area contributed by atoms with Crippen LogP contribution in [0.1, 0.15) is 30.7 Å². The summed E-state index contributed by atoms with van der Waals surface area (Å²) in [4.78, 5) is 19.0. The van der Waals surface area contributed by atoms with E-state index in [1.807, 2.05) is 12.3 Å². The molecule has 0 amide bonds. The van der Waals surface area contributed by atoms with E-state index in [4.69, 9.17) is 20.4 Å². The highest BCUT2D eigenvalue weighted by Gasteiger charge is 2.28. The summed E-state index contributed by atoms with van der Waals surface area (Å²) in [5, 5.41) is 4.60. The molecule has 0 radical (unpaired) electrons. The number of para-hydroxylation sites is 1. The molecule has 2 saturated heterocycles. The second-order valence-corrected chi connectivity index (χ2v) is 12.1. The SMILES string of the molecule is Nc1[nH]c2ccccc2c1C1CCN(CCOCC2CCN(c3ncc4c(-c5ccccc5)csc4n3)CC2)C1. The minimum absolute atomic E-state index is 0.487. The summed E-state index contributed by atoms with van der Waals surface area (Å²) in [6.45, 7) is 6.73.